The van der Waals surface area contributed by atoms with Crippen LogP contribution < -0.4 is 5.32 Å². The van der Waals surface area contributed by atoms with Crippen molar-refractivity contribution in [3.63, 3.8) is 0 Å². The van der Waals surface area contributed by atoms with E-state index in [1.54, 1.807) is 12.1 Å². The maximum absolute atomic E-state index is 13.6. The van der Waals surface area contributed by atoms with Crippen LogP contribution in [0.1, 0.15) is 0 Å². The lowest BCUT2D eigenvalue weighted by Crippen LogP contribution is -2.07. The van der Waals surface area contributed by atoms with Gasteiger partial charge < -0.3 is 10.4 Å². The summed E-state index contributed by atoms with van der Waals surface area (Å²) in [7, 11) is 0. The van der Waals surface area contributed by atoms with Crippen LogP contribution in [0, 0.1) is 5.82 Å². The molecular formula is C12H11ClFN3O. The van der Waals surface area contributed by atoms with E-state index in [0.29, 0.717) is 28.6 Å². The number of nitrogens with one attached hydrogen (secondary N) is 1. The van der Waals surface area contributed by atoms with Gasteiger partial charge in [0.05, 0.1) is 12.3 Å². The third-order valence-corrected chi connectivity index (χ3v) is 2.52. The second kappa shape index (κ2) is 5.75. The standard InChI is InChI=1S/C12H11ClFN3O/c13-8-1-2-10(14)9(7-8)11-3-4-12(17-16-11)15-5-6-18/h1-4,7,18H,5-6H2,(H,15,17). The Labute approximate surface area is 108 Å². The summed E-state index contributed by atoms with van der Waals surface area (Å²) in [5.74, 6) is 0.125. The fraction of sp³-hybridized carbons (Fsp3) is 0.167. The lowest BCUT2D eigenvalue weighted by Gasteiger charge is -2.05. The fourth-order valence-corrected chi connectivity index (χ4v) is 1.62. The molecule has 0 saturated heterocycles. The van der Waals surface area contributed by atoms with Crippen molar-refractivity contribution < 1.29 is 9.50 Å². The number of benzene rings is 1. The quantitative estimate of drug-likeness (QED) is 0.893. The number of nitrogens with zero attached hydrogens (tertiary/aromatic N) is 2. The number of hydrogen-bond donors (Lipinski definition) is 2. The molecule has 0 aliphatic carbocycles. The average molecular weight is 268 g/mol. The van der Waals surface area contributed by atoms with Crippen molar-refractivity contribution in [3.8, 4) is 11.3 Å². The first kappa shape index (κ1) is 12.7. The van der Waals surface area contributed by atoms with E-state index >= 15 is 0 Å². The molecule has 0 aliphatic heterocycles. The van der Waals surface area contributed by atoms with Gasteiger partial charge in [-0.2, -0.15) is 0 Å². The minimum atomic E-state index is -0.398. The van der Waals surface area contributed by atoms with Crippen molar-refractivity contribution in [3.05, 3.63) is 41.2 Å². The van der Waals surface area contributed by atoms with Gasteiger partial charge in [0.1, 0.15) is 11.6 Å². The zero-order valence-corrected chi connectivity index (χ0v) is 10.2. The van der Waals surface area contributed by atoms with E-state index < -0.39 is 5.82 Å². The van der Waals surface area contributed by atoms with Crippen LogP contribution in [0.5, 0.6) is 0 Å². The van der Waals surface area contributed by atoms with Gasteiger partial charge in [0.15, 0.2) is 0 Å². The highest BCUT2D eigenvalue weighted by Crippen LogP contribution is 2.24. The molecule has 1 aromatic heterocycles. The first-order chi connectivity index (χ1) is 8.70. The second-order valence-electron chi connectivity index (χ2n) is 3.58. The van der Waals surface area contributed by atoms with Crippen molar-refractivity contribution in [2.24, 2.45) is 0 Å². The Hall–Kier alpha value is -1.72. The van der Waals surface area contributed by atoms with E-state index in [9.17, 15) is 4.39 Å². The summed E-state index contributed by atoms with van der Waals surface area (Å²) >= 11 is 5.81. The van der Waals surface area contributed by atoms with Crippen LogP contribution in [0.25, 0.3) is 11.3 Å². The van der Waals surface area contributed by atoms with Crippen LogP contribution >= 0.6 is 11.6 Å². The molecule has 1 heterocycles. The molecule has 0 fully saturated rings. The molecular weight excluding hydrogens is 257 g/mol. The van der Waals surface area contributed by atoms with Crippen LogP contribution in [0.2, 0.25) is 5.02 Å². The monoisotopic (exact) mass is 267 g/mol. The highest BCUT2D eigenvalue weighted by Gasteiger charge is 2.07. The van der Waals surface area contributed by atoms with Gasteiger partial charge in [0, 0.05) is 17.1 Å². The number of aliphatic hydroxyl groups excluding tert-OH is 1. The van der Waals surface area contributed by atoms with Crippen LogP contribution in [-0.2, 0) is 0 Å². The highest BCUT2D eigenvalue weighted by atomic mass is 35.5. The molecule has 0 saturated carbocycles. The van der Waals surface area contributed by atoms with Gasteiger partial charge >= 0.3 is 0 Å². The molecule has 0 spiro atoms. The van der Waals surface area contributed by atoms with E-state index in [0.717, 1.165) is 0 Å². The van der Waals surface area contributed by atoms with Crippen LogP contribution in [0.3, 0.4) is 0 Å². The summed E-state index contributed by atoms with van der Waals surface area (Å²) in [5, 5.41) is 19.7. The Bertz CT molecular complexity index is 533. The largest absolute Gasteiger partial charge is 0.395 e. The smallest absolute Gasteiger partial charge is 0.148 e. The van der Waals surface area contributed by atoms with E-state index in [1.807, 2.05) is 0 Å². The van der Waals surface area contributed by atoms with Gasteiger partial charge in [-0.15, -0.1) is 10.2 Å². The zero-order valence-electron chi connectivity index (χ0n) is 9.40. The minimum Gasteiger partial charge on any atom is -0.395 e. The first-order valence-electron chi connectivity index (χ1n) is 5.34. The number of hydrogen-bond acceptors (Lipinski definition) is 4. The molecule has 0 amide bonds. The zero-order chi connectivity index (χ0) is 13.0. The molecule has 18 heavy (non-hydrogen) atoms. The molecule has 4 nitrogen and oxygen atoms in total. The number of anilines is 1. The van der Waals surface area contributed by atoms with Gasteiger partial charge in [-0.1, -0.05) is 11.6 Å². The average Bonchev–Trinajstić information content (AvgIpc) is 2.40. The van der Waals surface area contributed by atoms with Crippen LogP contribution in [0.15, 0.2) is 30.3 Å². The highest BCUT2D eigenvalue weighted by molar-refractivity contribution is 6.30. The van der Waals surface area contributed by atoms with Crippen LogP contribution in [-0.4, -0.2) is 28.5 Å². The minimum absolute atomic E-state index is 0.00630. The lowest BCUT2D eigenvalue weighted by molar-refractivity contribution is 0.311. The van der Waals surface area contributed by atoms with Gasteiger partial charge in [0.2, 0.25) is 0 Å². The maximum Gasteiger partial charge on any atom is 0.148 e. The Kier molecular flexibility index (Phi) is 4.07. The molecule has 0 aliphatic rings. The Morgan fingerprint density at radius 2 is 2.06 bits per heavy atom. The molecule has 94 valence electrons. The van der Waals surface area contributed by atoms with E-state index in [-0.39, 0.29) is 6.61 Å². The second-order valence-corrected chi connectivity index (χ2v) is 4.01. The van der Waals surface area contributed by atoms with Gasteiger partial charge in [-0.05, 0) is 30.3 Å². The van der Waals surface area contributed by atoms with Crippen LogP contribution in [0.4, 0.5) is 10.2 Å². The number of aromatic nitrogens is 2. The molecule has 0 atom stereocenters. The SMILES string of the molecule is OCCNc1ccc(-c2cc(Cl)ccc2F)nn1. The van der Waals surface area contributed by atoms with Gasteiger partial charge in [0.25, 0.3) is 0 Å². The van der Waals surface area contributed by atoms with Gasteiger partial charge in [-0.25, -0.2) is 4.39 Å². The van der Waals surface area contributed by atoms with E-state index in [1.165, 1.54) is 18.2 Å². The van der Waals surface area contributed by atoms with E-state index in [4.69, 9.17) is 16.7 Å². The third-order valence-electron chi connectivity index (χ3n) is 2.29. The molecule has 0 bridgehead atoms. The summed E-state index contributed by atoms with van der Waals surface area (Å²) in [5.41, 5.74) is 0.716. The van der Waals surface area contributed by atoms with Crippen molar-refractivity contribution in [2.45, 2.75) is 0 Å². The summed E-state index contributed by atoms with van der Waals surface area (Å²) < 4.78 is 13.6. The molecule has 6 heteroatoms. The summed E-state index contributed by atoms with van der Waals surface area (Å²) in [6, 6.07) is 7.57. The van der Waals surface area contributed by atoms with Crippen molar-refractivity contribution in [1.82, 2.24) is 10.2 Å². The summed E-state index contributed by atoms with van der Waals surface area (Å²) in [6.45, 7) is 0.395. The van der Waals surface area contributed by atoms with E-state index in [2.05, 4.69) is 15.5 Å². The molecule has 2 aromatic rings. The normalized spacial score (nSPS) is 10.4. The van der Waals surface area contributed by atoms with Gasteiger partial charge in [-0.3, -0.25) is 0 Å². The maximum atomic E-state index is 13.6. The number of aliphatic hydroxyl groups is 1. The fourth-order valence-electron chi connectivity index (χ4n) is 1.45. The molecule has 0 radical (unpaired) electrons. The number of halogens is 2. The summed E-state index contributed by atoms with van der Waals surface area (Å²) in [6.07, 6.45) is 0. The topological polar surface area (TPSA) is 58.0 Å². The predicted molar refractivity (Wildman–Crippen MR) is 68.0 cm³/mol. The Morgan fingerprint density at radius 3 is 2.72 bits per heavy atom. The molecule has 1 aromatic carbocycles. The lowest BCUT2D eigenvalue weighted by atomic mass is 10.1. The predicted octanol–water partition coefficient (Wildman–Crippen LogP) is 2.34. The molecule has 2 rings (SSSR count). The summed E-state index contributed by atoms with van der Waals surface area (Å²) in [4.78, 5) is 0. The first-order valence-corrected chi connectivity index (χ1v) is 5.72. The van der Waals surface area contributed by atoms with Crippen molar-refractivity contribution in [1.29, 1.82) is 0 Å². The van der Waals surface area contributed by atoms with Crippen molar-refractivity contribution in [2.75, 3.05) is 18.5 Å². The Balaban J connectivity index is 2.25. The van der Waals surface area contributed by atoms with Crippen molar-refractivity contribution >= 4 is 17.4 Å². The molecule has 0 unspecified atom stereocenters. The Morgan fingerprint density at radius 1 is 1.22 bits per heavy atom. The molecule has 2 N–H and O–H groups in total. The third kappa shape index (κ3) is 2.94. The number of rotatable bonds is 4.